The molecule has 0 fully saturated rings. The molecule has 7 nitrogen and oxygen atoms in total. The van der Waals surface area contributed by atoms with Crippen LogP contribution in [-0.2, 0) is 9.59 Å². The van der Waals surface area contributed by atoms with Gasteiger partial charge in [0.2, 0.25) is 5.91 Å². The van der Waals surface area contributed by atoms with Crippen molar-refractivity contribution in [3.63, 3.8) is 0 Å². The number of carboxylic acids is 1. The summed E-state index contributed by atoms with van der Waals surface area (Å²) in [6.07, 6.45) is -0.150. The lowest BCUT2D eigenvalue weighted by Crippen LogP contribution is -2.46. The number of carbonyl (C=O) groups excluding carboxylic acids is 2. The van der Waals surface area contributed by atoms with Gasteiger partial charge in [0.15, 0.2) is 0 Å². The molecule has 2 amide bonds. The number of nitrogens with one attached hydrogen (secondary N) is 2. The van der Waals surface area contributed by atoms with Crippen LogP contribution in [0.1, 0.15) is 16.8 Å². The molecule has 0 radical (unpaired) electrons. The van der Waals surface area contributed by atoms with E-state index in [1.54, 1.807) is 0 Å². The first-order valence-corrected chi connectivity index (χ1v) is 6.11. The van der Waals surface area contributed by atoms with Gasteiger partial charge in [-0.15, -0.1) is 0 Å². The molecule has 114 valence electrons. The van der Waals surface area contributed by atoms with Crippen molar-refractivity contribution < 1.29 is 29.0 Å². The SMILES string of the molecule is O=C(CNC(=O)c1ccccc1F)N[C@@H](CCO)C(=O)O. The number of benzene rings is 1. The standard InChI is InChI=1S/C13H15FN2O5/c14-9-4-2-1-3-8(9)12(19)15-7-11(18)16-10(5-6-17)13(20)21/h1-4,10,17H,5-7H2,(H,15,19)(H,16,18)(H,20,21)/t10-/m0/s1. The molecule has 0 aliphatic carbocycles. The predicted molar refractivity (Wildman–Crippen MR) is 70.0 cm³/mol. The van der Waals surface area contributed by atoms with Crippen molar-refractivity contribution in [1.82, 2.24) is 10.6 Å². The first-order valence-electron chi connectivity index (χ1n) is 6.11. The Balaban J connectivity index is 2.51. The van der Waals surface area contributed by atoms with Gasteiger partial charge in [0, 0.05) is 13.0 Å². The molecule has 0 aliphatic rings. The third-order valence-corrected chi connectivity index (χ3v) is 2.58. The minimum absolute atomic E-state index is 0.150. The van der Waals surface area contributed by atoms with Gasteiger partial charge in [-0.05, 0) is 12.1 Å². The Morgan fingerprint density at radius 1 is 1.24 bits per heavy atom. The molecule has 8 heteroatoms. The van der Waals surface area contributed by atoms with Crippen LogP contribution in [0.5, 0.6) is 0 Å². The highest BCUT2D eigenvalue weighted by Gasteiger charge is 2.19. The minimum Gasteiger partial charge on any atom is -0.480 e. The number of aliphatic carboxylic acids is 1. The minimum atomic E-state index is -1.29. The summed E-state index contributed by atoms with van der Waals surface area (Å²) in [6.45, 7) is -0.902. The normalized spacial score (nSPS) is 11.5. The van der Waals surface area contributed by atoms with Crippen molar-refractivity contribution in [1.29, 1.82) is 0 Å². The number of rotatable bonds is 7. The number of amides is 2. The number of hydrogen-bond acceptors (Lipinski definition) is 4. The lowest BCUT2D eigenvalue weighted by Gasteiger charge is -2.13. The zero-order valence-electron chi connectivity index (χ0n) is 11.0. The highest BCUT2D eigenvalue weighted by Crippen LogP contribution is 2.05. The number of carbonyl (C=O) groups is 3. The highest BCUT2D eigenvalue weighted by molar-refractivity contribution is 5.97. The second-order valence-corrected chi connectivity index (χ2v) is 4.13. The fourth-order valence-electron chi connectivity index (χ4n) is 1.53. The number of halogens is 1. The molecule has 1 rings (SSSR count). The van der Waals surface area contributed by atoms with E-state index in [1.165, 1.54) is 18.2 Å². The van der Waals surface area contributed by atoms with Gasteiger partial charge in [-0.1, -0.05) is 12.1 Å². The van der Waals surface area contributed by atoms with E-state index in [9.17, 15) is 18.8 Å². The van der Waals surface area contributed by atoms with Gasteiger partial charge in [-0.25, -0.2) is 9.18 Å². The molecular weight excluding hydrogens is 283 g/mol. The van der Waals surface area contributed by atoms with E-state index >= 15 is 0 Å². The Labute approximate surface area is 119 Å². The summed E-state index contributed by atoms with van der Waals surface area (Å²) in [6, 6.07) is 4.02. The van der Waals surface area contributed by atoms with E-state index in [2.05, 4.69) is 10.6 Å². The molecule has 1 aromatic rings. The zero-order chi connectivity index (χ0) is 15.8. The van der Waals surface area contributed by atoms with Crippen LogP contribution >= 0.6 is 0 Å². The summed E-state index contributed by atoms with van der Waals surface area (Å²) in [4.78, 5) is 33.9. The molecule has 0 bridgehead atoms. The number of aliphatic hydroxyl groups excluding tert-OH is 1. The lowest BCUT2D eigenvalue weighted by atomic mass is 10.2. The van der Waals surface area contributed by atoms with Crippen LogP contribution in [0.25, 0.3) is 0 Å². The highest BCUT2D eigenvalue weighted by atomic mass is 19.1. The summed E-state index contributed by atoms with van der Waals surface area (Å²) in [5, 5.41) is 21.8. The van der Waals surface area contributed by atoms with Gasteiger partial charge < -0.3 is 20.8 Å². The van der Waals surface area contributed by atoms with Crippen LogP contribution in [0.2, 0.25) is 0 Å². The second-order valence-electron chi connectivity index (χ2n) is 4.13. The average molecular weight is 298 g/mol. The van der Waals surface area contributed by atoms with Crippen molar-refractivity contribution >= 4 is 17.8 Å². The van der Waals surface area contributed by atoms with Crippen molar-refractivity contribution in [3.8, 4) is 0 Å². The van der Waals surface area contributed by atoms with Crippen molar-refractivity contribution in [2.45, 2.75) is 12.5 Å². The van der Waals surface area contributed by atoms with Gasteiger partial charge in [0.1, 0.15) is 11.9 Å². The maximum atomic E-state index is 13.3. The Morgan fingerprint density at radius 3 is 2.48 bits per heavy atom. The van der Waals surface area contributed by atoms with Crippen LogP contribution in [0.3, 0.4) is 0 Å². The summed E-state index contributed by atoms with van der Waals surface area (Å²) < 4.78 is 13.3. The molecule has 0 heterocycles. The summed E-state index contributed by atoms with van der Waals surface area (Å²) in [5.41, 5.74) is -0.213. The average Bonchev–Trinajstić information content (AvgIpc) is 2.44. The maximum absolute atomic E-state index is 13.3. The Kier molecular flexibility index (Phi) is 6.28. The van der Waals surface area contributed by atoms with Crippen LogP contribution < -0.4 is 10.6 Å². The van der Waals surface area contributed by atoms with E-state index in [4.69, 9.17) is 10.2 Å². The monoisotopic (exact) mass is 298 g/mol. The van der Waals surface area contributed by atoms with E-state index in [0.29, 0.717) is 0 Å². The molecule has 0 saturated carbocycles. The second kappa shape index (κ2) is 7.95. The van der Waals surface area contributed by atoms with Crippen molar-refractivity contribution in [2.24, 2.45) is 0 Å². The predicted octanol–water partition coefficient (Wildman–Crippen LogP) is -0.493. The lowest BCUT2D eigenvalue weighted by molar-refractivity contribution is -0.142. The van der Waals surface area contributed by atoms with E-state index < -0.39 is 42.8 Å². The Bertz CT molecular complexity index is 535. The summed E-state index contributed by atoms with van der Waals surface area (Å²) in [7, 11) is 0. The molecule has 1 atom stereocenters. The van der Waals surface area contributed by atoms with Gasteiger partial charge in [-0.3, -0.25) is 9.59 Å². The Hall–Kier alpha value is -2.48. The van der Waals surface area contributed by atoms with Crippen LogP contribution in [-0.4, -0.2) is 47.2 Å². The molecule has 0 saturated heterocycles. The van der Waals surface area contributed by atoms with E-state index in [1.807, 2.05) is 0 Å². The van der Waals surface area contributed by atoms with Crippen molar-refractivity contribution in [2.75, 3.05) is 13.2 Å². The summed E-state index contributed by atoms with van der Waals surface area (Å²) in [5.74, 6) is -3.55. The molecule has 0 spiro atoms. The smallest absolute Gasteiger partial charge is 0.326 e. The molecule has 21 heavy (non-hydrogen) atoms. The molecule has 0 aromatic heterocycles. The molecule has 4 N–H and O–H groups in total. The third-order valence-electron chi connectivity index (χ3n) is 2.58. The van der Waals surface area contributed by atoms with Gasteiger partial charge in [0.25, 0.3) is 5.91 Å². The maximum Gasteiger partial charge on any atom is 0.326 e. The fraction of sp³-hybridized carbons (Fsp3) is 0.308. The molecule has 0 unspecified atom stereocenters. The number of hydrogen-bond donors (Lipinski definition) is 4. The Morgan fingerprint density at radius 2 is 1.90 bits per heavy atom. The van der Waals surface area contributed by atoms with E-state index in [-0.39, 0.29) is 12.0 Å². The van der Waals surface area contributed by atoms with Gasteiger partial charge >= 0.3 is 5.97 Å². The largest absolute Gasteiger partial charge is 0.480 e. The molecular formula is C13H15FN2O5. The molecule has 1 aromatic carbocycles. The first kappa shape index (κ1) is 16.6. The quantitative estimate of drug-likeness (QED) is 0.542. The van der Waals surface area contributed by atoms with E-state index in [0.717, 1.165) is 6.07 Å². The number of aliphatic hydroxyl groups is 1. The summed E-state index contributed by atoms with van der Waals surface area (Å²) >= 11 is 0. The van der Waals surface area contributed by atoms with Crippen LogP contribution in [0.15, 0.2) is 24.3 Å². The van der Waals surface area contributed by atoms with Crippen LogP contribution in [0.4, 0.5) is 4.39 Å². The fourth-order valence-corrected chi connectivity index (χ4v) is 1.53. The number of carboxylic acid groups (broad SMARTS) is 1. The third kappa shape index (κ3) is 5.19. The zero-order valence-corrected chi connectivity index (χ0v) is 11.0. The van der Waals surface area contributed by atoms with Gasteiger partial charge in [0.05, 0.1) is 12.1 Å². The first-order chi connectivity index (χ1) is 9.95. The molecule has 0 aliphatic heterocycles. The topological polar surface area (TPSA) is 116 Å². The van der Waals surface area contributed by atoms with Gasteiger partial charge in [-0.2, -0.15) is 0 Å². The van der Waals surface area contributed by atoms with Crippen molar-refractivity contribution in [3.05, 3.63) is 35.6 Å². The van der Waals surface area contributed by atoms with Crippen LogP contribution in [0, 0.1) is 5.82 Å².